The maximum absolute atomic E-state index is 12.5. The van der Waals surface area contributed by atoms with Gasteiger partial charge in [0.15, 0.2) is 0 Å². The molecule has 1 aliphatic heterocycles. The zero-order valence-electron chi connectivity index (χ0n) is 10.8. The third kappa shape index (κ3) is 2.51. The van der Waals surface area contributed by atoms with Crippen LogP contribution in [0.2, 0.25) is 0 Å². The Kier molecular flexibility index (Phi) is 3.82. The number of nitrogens with zero attached hydrogens (tertiary/aromatic N) is 1. The summed E-state index contributed by atoms with van der Waals surface area (Å²) < 4.78 is 0. The number of benzene rings is 1. The van der Waals surface area contributed by atoms with Gasteiger partial charge >= 0.3 is 0 Å². The summed E-state index contributed by atoms with van der Waals surface area (Å²) in [5.41, 5.74) is 1.95. The quantitative estimate of drug-likeness (QED) is 0.764. The van der Waals surface area contributed by atoms with Gasteiger partial charge in [-0.3, -0.25) is 4.79 Å². The third-order valence-corrected chi connectivity index (χ3v) is 3.73. The molecule has 1 aromatic rings. The van der Waals surface area contributed by atoms with Crippen molar-refractivity contribution in [3.63, 3.8) is 0 Å². The number of likely N-dealkylation sites (tertiary alicyclic amines) is 1. The summed E-state index contributed by atoms with van der Waals surface area (Å²) in [6.07, 6.45) is 4.63. The van der Waals surface area contributed by atoms with E-state index in [1.165, 1.54) is 6.42 Å². The monoisotopic (exact) mass is 231 g/mol. The Balaban J connectivity index is 2.21. The Hall–Kier alpha value is -1.31. The van der Waals surface area contributed by atoms with Crippen LogP contribution in [0.15, 0.2) is 24.3 Å². The average Bonchev–Trinajstić information content (AvgIpc) is 2.38. The Morgan fingerprint density at radius 3 is 2.82 bits per heavy atom. The van der Waals surface area contributed by atoms with Crippen LogP contribution in [0.5, 0.6) is 0 Å². The number of hydrogen-bond donors (Lipinski definition) is 0. The summed E-state index contributed by atoms with van der Waals surface area (Å²) in [5, 5.41) is 0. The van der Waals surface area contributed by atoms with E-state index in [4.69, 9.17) is 0 Å². The van der Waals surface area contributed by atoms with E-state index < -0.39 is 0 Å². The van der Waals surface area contributed by atoms with Crippen molar-refractivity contribution in [3.05, 3.63) is 35.4 Å². The first kappa shape index (κ1) is 12.2. The van der Waals surface area contributed by atoms with Gasteiger partial charge in [0.2, 0.25) is 0 Å². The first-order valence-corrected chi connectivity index (χ1v) is 6.60. The van der Waals surface area contributed by atoms with E-state index in [9.17, 15) is 4.79 Å². The molecule has 0 unspecified atom stereocenters. The summed E-state index contributed by atoms with van der Waals surface area (Å²) >= 11 is 0. The molecule has 2 heteroatoms. The summed E-state index contributed by atoms with van der Waals surface area (Å²) in [4.78, 5) is 14.6. The van der Waals surface area contributed by atoms with Crippen molar-refractivity contribution < 1.29 is 4.79 Å². The number of carbonyl (C=O) groups is 1. The second-order valence-corrected chi connectivity index (χ2v) is 4.87. The van der Waals surface area contributed by atoms with Crippen LogP contribution in [0, 0.1) is 6.92 Å². The maximum atomic E-state index is 12.5. The number of aryl methyl sites for hydroxylation is 1. The fourth-order valence-corrected chi connectivity index (χ4v) is 2.66. The summed E-state index contributed by atoms with van der Waals surface area (Å²) in [7, 11) is 0. The molecule has 0 aliphatic carbocycles. The van der Waals surface area contributed by atoms with E-state index in [1.807, 2.05) is 31.2 Å². The van der Waals surface area contributed by atoms with Crippen LogP contribution in [0.1, 0.15) is 48.5 Å². The minimum absolute atomic E-state index is 0.217. The van der Waals surface area contributed by atoms with E-state index in [-0.39, 0.29) is 5.91 Å². The zero-order valence-corrected chi connectivity index (χ0v) is 10.8. The second kappa shape index (κ2) is 5.35. The lowest BCUT2D eigenvalue weighted by Crippen LogP contribution is -2.43. The van der Waals surface area contributed by atoms with Gasteiger partial charge in [0.05, 0.1) is 0 Å². The molecule has 1 aliphatic rings. The summed E-state index contributed by atoms with van der Waals surface area (Å²) in [6.45, 7) is 5.11. The largest absolute Gasteiger partial charge is 0.336 e. The predicted octanol–water partition coefficient (Wildman–Crippen LogP) is 3.40. The normalized spacial score (nSPS) is 20.4. The Bertz CT molecular complexity index is 400. The minimum Gasteiger partial charge on any atom is -0.336 e. The van der Waals surface area contributed by atoms with E-state index in [1.54, 1.807) is 0 Å². The number of piperidine rings is 1. The number of rotatable bonds is 2. The van der Waals surface area contributed by atoms with Crippen LogP contribution < -0.4 is 0 Å². The minimum atomic E-state index is 0.217. The second-order valence-electron chi connectivity index (χ2n) is 4.87. The van der Waals surface area contributed by atoms with Gasteiger partial charge in [-0.15, -0.1) is 0 Å². The van der Waals surface area contributed by atoms with Gasteiger partial charge in [-0.25, -0.2) is 0 Å². The number of carbonyl (C=O) groups excluding carboxylic acids is 1. The lowest BCUT2D eigenvalue weighted by Gasteiger charge is -2.35. The molecular weight excluding hydrogens is 210 g/mol. The highest BCUT2D eigenvalue weighted by atomic mass is 16.2. The van der Waals surface area contributed by atoms with Crippen LogP contribution in [-0.2, 0) is 0 Å². The van der Waals surface area contributed by atoms with Crippen LogP contribution in [0.4, 0.5) is 0 Å². The molecule has 1 atom stereocenters. The average molecular weight is 231 g/mol. The Morgan fingerprint density at radius 1 is 1.35 bits per heavy atom. The molecule has 2 nitrogen and oxygen atoms in total. The molecule has 0 spiro atoms. The molecule has 92 valence electrons. The molecule has 0 bridgehead atoms. The molecular formula is C15H21NO. The van der Waals surface area contributed by atoms with Gasteiger partial charge in [0.1, 0.15) is 0 Å². The van der Waals surface area contributed by atoms with E-state index in [2.05, 4.69) is 11.8 Å². The van der Waals surface area contributed by atoms with Crippen molar-refractivity contribution in [2.24, 2.45) is 0 Å². The third-order valence-electron chi connectivity index (χ3n) is 3.73. The van der Waals surface area contributed by atoms with Crippen LogP contribution in [-0.4, -0.2) is 23.4 Å². The van der Waals surface area contributed by atoms with Gasteiger partial charge in [-0.1, -0.05) is 25.1 Å². The highest BCUT2D eigenvalue weighted by Gasteiger charge is 2.26. The Morgan fingerprint density at radius 2 is 2.12 bits per heavy atom. The van der Waals surface area contributed by atoms with Crippen molar-refractivity contribution in [3.8, 4) is 0 Å². The molecule has 0 aromatic heterocycles. The fraction of sp³-hybridized carbons (Fsp3) is 0.533. The lowest BCUT2D eigenvalue weighted by atomic mass is 9.98. The van der Waals surface area contributed by atoms with Crippen molar-refractivity contribution in [2.45, 2.75) is 45.6 Å². The molecule has 1 heterocycles. The molecule has 17 heavy (non-hydrogen) atoms. The van der Waals surface area contributed by atoms with Crippen molar-refractivity contribution in [1.29, 1.82) is 0 Å². The molecule has 1 fully saturated rings. The molecule has 0 N–H and O–H groups in total. The van der Waals surface area contributed by atoms with Crippen molar-refractivity contribution >= 4 is 5.91 Å². The standard InChI is InChI=1S/C15H21NO/c1-3-13-9-6-7-11-16(13)15(17)14-10-5-4-8-12(14)2/h4-5,8,10,13H,3,6-7,9,11H2,1-2H3/t13-/m1/s1. The van der Waals surface area contributed by atoms with Crippen LogP contribution in [0.3, 0.4) is 0 Å². The maximum Gasteiger partial charge on any atom is 0.254 e. The highest BCUT2D eigenvalue weighted by Crippen LogP contribution is 2.22. The number of amides is 1. The molecule has 1 saturated heterocycles. The molecule has 1 aromatic carbocycles. The van der Waals surface area contributed by atoms with E-state index in [0.29, 0.717) is 6.04 Å². The van der Waals surface area contributed by atoms with Gasteiger partial charge in [0.25, 0.3) is 5.91 Å². The predicted molar refractivity (Wildman–Crippen MR) is 70.1 cm³/mol. The molecule has 0 saturated carbocycles. The topological polar surface area (TPSA) is 20.3 Å². The first-order chi connectivity index (χ1) is 8.24. The summed E-state index contributed by atoms with van der Waals surface area (Å²) in [5.74, 6) is 0.217. The van der Waals surface area contributed by atoms with Gasteiger partial charge in [-0.05, 0) is 44.2 Å². The molecule has 1 amide bonds. The molecule has 2 rings (SSSR count). The zero-order chi connectivity index (χ0) is 12.3. The Labute approximate surface area is 104 Å². The van der Waals surface area contributed by atoms with Crippen molar-refractivity contribution in [1.82, 2.24) is 4.90 Å². The number of hydrogen-bond acceptors (Lipinski definition) is 1. The first-order valence-electron chi connectivity index (χ1n) is 6.60. The summed E-state index contributed by atoms with van der Waals surface area (Å²) in [6, 6.07) is 8.33. The van der Waals surface area contributed by atoms with Crippen LogP contribution >= 0.6 is 0 Å². The van der Waals surface area contributed by atoms with E-state index >= 15 is 0 Å². The fourth-order valence-electron chi connectivity index (χ4n) is 2.66. The van der Waals surface area contributed by atoms with E-state index in [0.717, 1.165) is 36.9 Å². The molecule has 0 radical (unpaired) electrons. The lowest BCUT2D eigenvalue weighted by molar-refractivity contribution is 0.0607. The van der Waals surface area contributed by atoms with Crippen molar-refractivity contribution in [2.75, 3.05) is 6.54 Å². The SMILES string of the molecule is CC[C@@H]1CCCCN1C(=O)c1ccccc1C. The van der Waals surface area contributed by atoms with Gasteiger partial charge < -0.3 is 4.90 Å². The smallest absolute Gasteiger partial charge is 0.254 e. The highest BCUT2D eigenvalue weighted by molar-refractivity contribution is 5.95. The van der Waals surface area contributed by atoms with Crippen LogP contribution in [0.25, 0.3) is 0 Å². The van der Waals surface area contributed by atoms with Gasteiger partial charge in [-0.2, -0.15) is 0 Å². The van der Waals surface area contributed by atoms with Gasteiger partial charge in [0, 0.05) is 18.2 Å².